The van der Waals surface area contributed by atoms with E-state index in [-0.39, 0.29) is 36.5 Å². The molecule has 0 aliphatic carbocycles. The normalized spacial score (nSPS) is 18.5. The van der Waals surface area contributed by atoms with Gasteiger partial charge in [-0.15, -0.1) is 0 Å². The van der Waals surface area contributed by atoms with Crippen molar-refractivity contribution in [2.75, 3.05) is 20.3 Å². The second-order valence-electron chi connectivity index (χ2n) is 6.32. The molecular weight excluding hydrogens is 365 g/mol. The second-order valence-corrected chi connectivity index (χ2v) is 6.32. The number of Topliss-reactive ketones (excluding diaryl/α,β-unsaturated/α-hetero) is 1. The van der Waals surface area contributed by atoms with E-state index >= 15 is 0 Å². The number of carbonyl (C=O) groups is 2. The van der Waals surface area contributed by atoms with E-state index < -0.39 is 23.5 Å². The van der Waals surface area contributed by atoms with Gasteiger partial charge in [0, 0.05) is 24.3 Å². The van der Waals surface area contributed by atoms with Gasteiger partial charge in [0.05, 0.1) is 18.7 Å². The van der Waals surface area contributed by atoms with Crippen molar-refractivity contribution in [2.45, 2.75) is 12.5 Å². The van der Waals surface area contributed by atoms with E-state index in [1.165, 1.54) is 30.2 Å². The van der Waals surface area contributed by atoms with Gasteiger partial charge in [-0.2, -0.15) is 0 Å². The molecule has 1 saturated heterocycles. The molecular formula is C21H20FNO5. The molecule has 1 amide bonds. The monoisotopic (exact) mass is 385 g/mol. The van der Waals surface area contributed by atoms with Crippen molar-refractivity contribution in [1.82, 2.24) is 4.90 Å². The molecule has 146 valence electrons. The standard InChI is InChI=1S/C21H20FNO5/c1-28-14-9-7-13(8-10-14)19(25)17-18(15-5-2-3-6-16(15)22)23(11-4-12-24)21(27)20(17)26/h2-3,5-10,18,24-25H,4,11-12H2,1H3/t18-/m0/s1. The fraction of sp³-hybridized carbons (Fsp3) is 0.238. The number of hydrogen-bond acceptors (Lipinski definition) is 5. The van der Waals surface area contributed by atoms with Crippen LogP contribution >= 0.6 is 0 Å². The third kappa shape index (κ3) is 3.48. The summed E-state index contributed by atoms with van der Waals surface area (Å²) in [6, 6.07) is 11.0. The average molecular weight is 385 g/mol. The Kier molecular flexibility index (Phi) is 5.75. The molecule has 2 aromatic rings. The van der Waals surface area contributed by atoms with Gasteiger partial charge in [0.2, 0.25) is 0 Å². The summed E-state index contributed by atoms with van der Waals surface area (Å²) >= 11 is 0. The lowest BCUT2D eigenvalue weighted by Crippen LogP contribution is -2.31. The number of aliphatic hydroxyl groups excluding tert-OH is 2. The van der Waals surface area contributed by atoms with Crippen LogP contribution < -0.4 is 4.74 Å². The summed E-state index contributed by atoms with van der Waals surface area (Å²) in [5.41, 5.74) is 0.232. The number of methoxy groups -OCH3 is 1. The van der Waals surface area contributed by atoms with E-state index in [4.69, 9.17) is 9.84 Å². The number of amides is 1. The summed E-state index contributed by atoms with van der Waals surface area (Å²) in [5, 5.41) is 19.9. The molecule has 2 N–H and O–H groups in total. The zero-order valence-electron chi connectivity index (χ0n) is 15.3. The molecule has 2 aromatic carbocycles. The first-order valence-electron chi connectivity index (χ1n) is 8.77. The van der Waals surface area contributed by atoms with Crippen molar-refractivity contribution in [3.05, 3.63) is 71.0 Å². The topological polar surface area (TPSA) is 87.1 Å². The van der Waals surface area contributed by atoms with E-state index in [9.17, 15) is 19.1 Å². The van der Waals surface area contributed by atoms with E-state index in [0.29, 0.717) is 11.3 Å². The van der Waals surface area contributed by atoms with Crippen molar-refractivity contribution in [2.24, 2.45) is 0 Å². The van der Waals surface area contributed by atoms with Crippen LogP contribution in [0.15, 0.2) is 54.1 Å². The maximum absolute atomic E-state index is 14.5. The Bertz CT molecular complexity index is 923. The van der Waals surface area contributed by atoms with E-state index in [1.54, 1.807) is 30.3 Å². The second kappa shape index (κ2) is 8.22. The summed E-state index contributed by atoms with van der Waals surface area (Å²) < 4.78 is 19.6. The molecule has 7 heteroatoms. The Labute approximate surface area is 161 Å². The largest absolute Gasteiger partial charge is 0.507 e. The molecule has 1 heterocycles. The zero-order valence-corrected chi connectivity index (χ0v) is 15.3. The van der Waals surface area contributed by atoms with Crippen LogP contribution in [0.25, 0.3) is 5.76 Å². The number of aliphatic hydroxyl groups is 2. The van der Waals surface area contributed by atoms with Gasteiger partial charge in [-0.05, 0) is 36.8 Å². The van der Waals surface area contributed by atoms with Gasteiger partial charge in [-0.1, -0.05) is 18.2 Å². The number of nitrogens with zero attached hydrogens (tertiary/aromatic N) is 1. The average Bonchev–Trinajstić information content (AvgIpc) is 2.96. The third-order valence-electron chi connectivity index (χ3n) is 4.66. The number of rotatable bonds is 6. The summed E-state index contributed by atoms with van der Waals surface area (Å²) in [4.78, 5) is 26.4. The predicted octanol–water partition coefficient (Wildman–Crippen LogP) is 2.64. The highest BCUT2D eigenvalue weighted by molar-refractivity contribution is 6.46. The Hall–Kier alpha value is -3.19. The third-order valence-corrected chi connectivity index (χ3v) is 4.66. The summed E-state index contributed by atoms with van der Waals surface area (Å²) in [7, 11) is 1.50. The van der Waals surface area contributed by atoms with Gasteiger partial charge < -0.3 is 19.8 Å². The van der Waals surface area contributed by atoms with Gasteiger partial charge in [0.25, 0.3) is 11.7 Å². The smallest absolute Gasteiger partial charge is 0.295 e. The van der Waals surface area contributed by atoms with Crippen LogP contribution in [-0.2, 0) is 9.59 Å². The van der Waals surface area contributed by atoms with E-state index in [2.05, 4.69) is 0 Å². The van der Waals surface area contributed by atoms with Gasteiger partial charge in [0.1, 0.15) is 17.3 Å². The summed E-state index contributed by atoms with van der Waals surface area (Å²) in [5.74, 6) is -2.15. The lowest BCUT2D eigenvalue weighted by molar-refractivity contribution is -0.140. The molecule has 0 aromatic heterocycles. The van der Waals surface area contributed by atoms with Gasteiger partial charge >= 0.3 is 0 Å². The molecule has 0 spiro atoms. The Morgan fingerprint density at radius 1 is 1.14 bits per heavy atom. The van der Waals surface area contributed by atoms with Gasteiger partial charge in [0.15, 0.2) is 0 Å². The van der Waals surface area contributed by atoms with Crippen molar-refractivity contribution in [1.29, 1.82) is 0 Å². The highest BCUT2D eigenvalue weighted by atomic mass is 19.1. The number of hydrogen-bond donors (Lipinski definition) is 2. The van der Waals surface area contributed by atoms with Crippen LogP contribution in [0.1, 0.15) is 23.6 Å². The van der Waals surface area contributed by atoms with Gasteiger partial charge in [-0.3, -0.25) is 9.59 Å². The Morgan fingerprint density at radius 2 is 1.82 bits per heavy atom. The van der Waals surface area contributed by atoms with Crippen LogP contribution in [0.5, 0.6) is 5.75 Å². The molecule has 28 heavy (non-hydrogen) atoms. The summed E-state index contributed by atoms with van der Waals surface area (Å²) in [6.45, 7) is -0.134. The first kappa shape index (κ1) is 19.6. The number of likely N-dealkylation sites (tertiary alicyclic amines) is 1. The van der Waals surface area contributed by atoms with Crippen LogP contribution in [0.3, 0.4) is 0 Å². The lowest BCUT2D eigenvalue weighted by atomic mass is 9.95. The molecule has 0 unspecified atom stereocenters. The minimum absolute atomic E-state index is 0.0550. The SMILES string of the molecule is COc1ccc(C(O)=C2C(=O)C(=O)N(CCCO)[C@H]2c2ccccc2F)cc1. The predicted molar refractivity (Wildman–Crippen MR) is 100 cm³/mol. The number of ketones is 1. The molecule has 1 atom stereocenters. The number of benzene rings is 2. The first-order valence-corrected chi connectivity index (χ1v) is 8.77. The fourth-order valence-electron chi connectivity index (χ4n) is 3.28. The lowest BCUT2D eigenvalue weighted by Gasteiger charge is -2.25. The van der Waals surface area contributed by atoms with E-state index in [0.717, 1.165) is 0 Å². The summed E-state index contributed by atoms with van der Waals surface area (Å²) in [6.07, 6.45) is 0.223. The molecule has 0 saturated carbocycles. The first-order chi connectivity index (χ1) is 13.5. The molecule has 0 radical (unpaired) electrons. The Morgan fingerprint density at radius 3 is 2.43 bits per heavy atom. The molecule has 1 aliphatic heterocycles. The molecule has 3 rings (SSSR count). The van der Waals surface area contributed by atoms with Crippen molar-refractivity contribution in [3.8, 4) is 5.75 Å². The molecule has 1 aliphatic rings. The quantitative estimate of drug-likeness (QED) is 0.454. The number of ether oxygens (including phenoxy) is 1. The van der Waals surface area contributed by atoms with E-state index in [1.807, 2.05) is 0 Å². The minimum Gasteiger partial charge on any atom is -0.507 e. The fourth-order valence-corrected chi connectivity index (χ4v) is 3.28. The highest BCUT2D eigenvalue weighted by Gasteiger charge is 2.46. The van der Waals surface area contributed by atoms with Crippen molar-refractivity contribution in [3.63, 3.8) is 0 Å². The maximum atomic E-state index is 14.5. The van der Waals surface area contributed by atoms with Gasteiger partial charge in [-0.25, -0.2) is 4.39 Å². The number of carbonyl (C=O) groups excluding carboxylic acids is 2. The van der Waals surface area contributed by atoms with Crippen LogP contribution in [0.2, 0.25) is 0 Å². The zero-order chi connectivity index (χ0) is 20.3. The maximum Gasteiger partial charge on any atom is 0.295 e. The molecule has 6 nitrogen and oxygen atoms in total. The minimum atomic E-state index is -1.07. The van der Waals surface area contributed by atoms with Crippen molar-refractivity contribution < 1.29 is 28.9 Å². The van der Waals surface area contributed by atoms with Crippen LogP contribution in [-0.4, -0.2) is 47.1 Å². The van der Waals surface area contributed by atoms with Crippen LogP contribution in [0.4, 0.5) is 4.39 Å². The van der Waals surface area contributed by atoms with Crippen LogP contribution in [0, 0.1) is 5.82 Å². The highest BCUT2D eigenvalue weighted by Crippen LogP contribution is 2.40. The van der Waals surface area contributed by atoms with Crippen molar-refractivity contribution >= 4 is 17.4 Å². The molecule has 1 fully saturated rings. The number of halogens is 1. The molecule has 0 bridgehead atoms. The Balaban J connectivity index is 2.16.